The molecule has 1 aromatic carbocycles. The molecule has 0 aliphatic heterocycles. The Hall–Kier alpha value is -3.96. The van der Waals surface area contributed by atoms with Crippen molar-refractivity contribution in [3.8, 4) is 28.4 Å². The first-order valence-corrected chi connectivity index (χ1v) is 8.68. The van der Waals surface area contributed by atoms with Crippen molar-refractivity contribution in [2.24, 2.45) is 0 Å². The van der Waals surface area contributed by atoms with Gasteiger partial charge in [-0.25, -0.2) is 15.0 Å². The van der Waals surface area contributed by atoms with Gasteiger partial charge in [0.15, 0.2) is 11.5 Å². The molecule has 0 aliphatic rings. The molecule has 0 saturated carbocycles. The molecule has 7 nitrogen and oxygen atoms in total. The molecule has 0 atom stereocenters. The molecule has 0 amide bonds. The standard InChI is InChI=1S/C19H13F5N6O/c20-18(21)31-10-6-4-9(5-7-10)12-15(25)28-17(29-16(12)26)13-14(19(22,23)24)27-11-3-1-2-8-30(11)13/h1-8,18H,(H4,25,26,28,29). The summed E-state index contributed by atoms with van der Waals surface area (Å²) in [6, 6.07) is 9.81. The van der Waals surface area contributed by atoms with Gasteiger partial charge in [-0.3, -0.25) is 4.40 Å². The van der Waals surface area contributed by atoms with Gasteiger partial charge in [-0.2, -0.15) is 22.0 Å². The van der Waals surface area contributed by atoms with Gasteiger partial charge in [0.25, 0.3) is 0 Å². The molecule has 0 saturated heterocycles. The molecule has 12 heteroatoms. The van der Waals surface area contributed by atoms with Crippen LogP contribution >= 0.6 is 0 Å². The van der Waals surface area contributed by atoms with Crippen molar-refractivity contribution < 1.29 is 26.7 Å². The van der Waals surface area contributed by atoms with Crippen molar-refractivity contribution in [1.82, 2.24) is 19.4 Å². The number of halogens is 5. The van der Waals surface area contributed by atoms with Crippen molar-refractivity contribution in [2.45, 2.75) is 12.8 Å². The zero-order valence-electron chi connectivity index (χ0n) is 15.4. The number of nitrogens with two attached hydrogens (primary N) is 2. The molecule has 160 valence electrons. The monoisotopic (exact) mass is 436 g/mol. The number of nitrogen functional groups attached to an aromatic ring is 2. The zero-order chi connectivity index (χ0) is 22.3. The molecule has 0 bridgehead atoms. The van der Waals surface area contributed by atoms with E-state index < -0.39 is 24.2 Å². The van der Waals surface area contributed by atoms with E-state index in [0.717, 1.165) is 0 Å². The SMILES string of the molecule is Nc1nc(-c2c(C(F)(F)F)nc3ccccn23)nc(N)c1-c1ccc(OC(F)F)cc1. The number of nitrogens with zero attached hydrogens (tertiary/aromatic N) is 4. The van der Waals surface area contributed by atoms with Crippen LogP contribution in [0.4, 0.5) is 33.6 Å². The van der Waals surface area contributed by atoms with Crippen molar-refractivity contribution in [1.29, 1.82) is 0 Å². The molecule has 4 N–H and O–H groups in total. The highest BCUT2D eigenvalue weighted by atomic mass is 19.4. The van der Waals surface area contributed by atoms with Crippen LogP contribution in [0, 0.1) is 0 Å². The highest BCUT2D eigenvalue weighted by Crippen LogP contribution is 2.38. The molecule has 4 aromatic rings. The molecular weight excluding hydrogens is 423 g/mol. The van der Waals surface area contributed by atoms with E-state index >= 15 is 0 Å². The number of rotatable bonds is 4. The summed E-state index contributed by atoms with van der Waals surface area (Å²) in [5.74, 6) is -0.829. The van der Waals surface area contributed by atoms with Crippen molar-refractivity contribution >= 4 is 17.3 Å². The molecule has 0 radical (unpaired) electrons. The van der Waals surface area contributed by atoms with Gasteiger partial charge in [-0.1, -0.05) is 18.2 Å². The normalized spacial score (nSPS) is 11.9. The smallest absolute Gasteiger partial charge is 0.435 e. The molecule has 3 aromatic heterocycles. The maximum Gasteiger partial charge on any atom is 0.435 e. The molecule has 31 heavy (non-hydrogen) atoms. The molecule has 0 fully saturated rings. The summed E-state index contributed by atoms with van der Waals surface area (Å²) < 4.78 is 70.8. The third-order valence-electron chi connectivity index (χ3n) is 4.34. The fourth-order valence-electron chi connectivity index (χ4n) is 3.11. The first-order valence-electron chi connectivity index (χ1n) is 8.68. The van der Waals surface area contributed by atoms with E-state index in [9.17, 15) is 22.0 Å². The second-order valence-electron chi connectivity index (χ2n) is 6.33. The van der Waals surface area contributed by atoms with E-state index in [2.05, 4.69) is 19.7 Å². The minimum atomic E-state index is -4.77. The summed E-state index contributed by atoms with van der Waals surface area (Å²) in [5.41, 5.74) is 11.0. The highest BCUT2D eigenvalue weighted by molar-refractivity contribution is 5.84. The lowest BCUT2D eigenvalue weighted by molar-refractivity contribution is -0.140. The van der Waals surface area contributed by atoms with E-state index in [1.165, 1.54) is 47.0 Å². The van der Waals surface area contributed by atoms with Crippen molar-refractivity contribution in [3.05, 3.63) is 54.4 Å². The Morgan fingerprint density at radius 1 is 0.903 bits per heavy atom. The second-order valence-corrected chi connectivity index (χ2v) is 6.33. The van der Waals surface area contributed by atoms with Gasteiger partial charge in [0, 0.05) is 6.20 Å². The van der Waals surface area contributed by atoms with E-state index in [1.54, 1.807) is 6.07 Å². The maximum absolute atomic E-state index is 13.6. The Morgan fingerprint density at radius 2 is 1.55 bits per heavy atom. The number of benzene rings is 1. The molecule has 0 spiro atoms. The first kappa shape index (κ1) is 20.3. The summed E-state index contributed by atoms with van der Waals surface area (Å²) in [5, 5.41) is 0. The van der Waals surface area contributed by atoms with Crippen LogP contribution in [0.3, 0.4) is 0 Å². The fraction of sp³-hybridized carbons (Fsp3) is 0.105. The quantitative estimate of drug-likeness (QED) is 0.464. The van der Waals surface area contributed by atoms with E-state index in [4.69, 9.17) is 11.5 Å². The third kappa shape index (κ3) is 3.79. The number of fused-ring (bicyclic) bond motifs is 1. The minimum Gasteiger partial charge on any atom is -0.435 e. The highest BCUT2D eigenvalue weighted by Gasteiger charge is 2.39. The number of hydrogen-bond donors (Lipinski definition) is 2. The minimum absolute atomic E-state index is 0.0456. The second kappa shape index (κ2) is 7.38. The van der Waals surface area contributed by atoms with Crippen LogP contribution in [0.25, 0.3) is 28.3 Å². The number of anilines is 2. The van der Waals surface area contributed by atoms with Crippen LogP contribution in [-0.4, -0.2) is 26.0 Å². The first-order chi connectivity index (χ1) is 14.6. The Kier molecular flexibility index (Phi) is 4.84. The predicted molar refractivity (Wildman–Crippen MR) is 102 cm³/mol. The van der Waals surface area contributed by atoms with Crippen LogP contribution in [0.2, 0.25) is 0 Å². The summed E-state index contributed by atoms with van der Waals surface area (Å²) in [4.78, 5) is 11.7. The fourth-order valence-corrected chi connectivity index (χ4v) is 3.11. The number of pyridine rings is 1. The summed E-state index contributed by atoms with van der Waals surface area (Å²) in [7, 11) is 0. The largest absolute Gasteiger partial charge is 0.435 e. The molecular formula is C19H13F5N6O. The number of imidazole rings is 1. The van der Waals surface area contributed by atoms with Crippen LogP contribution in [-0.2, 0) is 6.18 Å². The Balaban J connectivity index is 1.84. The number of aromatic nitrogens is 4. The Morgan fingerprint density at radius 3 is 2.13 bits per heavy atom. The van der Waals surface area contributed by atoms with E-state index in [1.807, 2.05) is 0 Å². The van der Waals surface area contributed by atoms with Gasteiger partial charge in [0.1, 0.15) is 28.7 Å². The van der Waals surface area contributed by atoms with Crippen molar-refractivity contribution in [2.75, 3.05) is 11.5 Å². The predicted octanol–water partition coefficient (Wildman–Crippen LogP) is 4.24. The molecule has 4 rings (SSSR count). The average Bonchev–Trinajstić information content (AvgIpc) is 3.08. The molecule has 3 heterocycles. The lowest BCUT2D eigenvalue weighted by Gasteiger charge is -2.12. The van der Waals surface area contributed by atoms with Crippen LogP contribution in [0.5, 0.6) is 5.75 Å². The zero-order valence-corrected chi connectivity index (χ0v) is 15.4. The maximum atomic E-state index is 13.6. The number of hydrogen-bond acceptors (Lipinski definition) is 6. The van der Waals surface area contributed by atoms with Crippen LogP contribution in [0.15, 0.2) is 48.7 Å². The molecule has 0 aliphatic carbocycles. The Bertz CT molecular complexity index is 1230. The summed E-state index contributed by atoms with van der Waals surface area (Å²) >= 11 is 0. The molecule has 0 unspecified atom stereocenters. The van der Waals surface area contributed by atoms with Crippen LogP contribution < -0.4 is 16.2 Å². The third-order valence-corrected chi connectivity index (χ3v) is 4.34. The Labute approximate surface area is 171 Å². The van der Waals surface area contributed by atoms with Gasteiger partial charge >= 0.3 is 12.8 Å². The topological polar surface area (TPSA) is 104 Å². The van der Waals surface area contributed by atoms with E-state index in [0.29, 0.717) is 5.56 Å². The number of ether oxygens (including phenoxy) is 1. The lowest BCUT2D eigenvalue weighted by Crippen LogP contribution is -2.11. The van der Waals surface area contributed by atoms with Gasteiger partial charge in [-0.15, -0.1) is 0 Å². The number of alkyl halides is 5. The van der Waals surface area contributed by atoms with Gasteiger partial charge in [0.2, 0.25) is 0 Å². The summed E-state index contributed by atoms with van der Waals surface area (Å²) in [6.07, 6.45) is -3.38. The van der Waals surface area contributed by atoms with Crippen LogP contribution in [0.1, 0.15) is 5.69 Å². The van der Waals surface area contributed by atoms with Crippen molar-refractivity contribution in [3.63, 3.8) is 0 Å². The van der Waals surface area contributed by atoms with Gasteiger partial charge < -0.3 is 16.2 Å². The summed E-state index contributed by atoms with van der Waals surface area (Å²) in [6.45, 7) is -2.99. The van der Waals surface area contributed by atoms with Gasteiger partial charge in [0.05, 0.1) is 5.56 Å². The lowest BCUT2D eigenvalue weighted by atomic mass is 10.1. The van der Waals surface area contributed by atoms with E-state index in [-0.39, 0.29) is 34.4 Å². The van der Waals surface area contributed by atoms with Gasteiger partial charge in [-0.05, 0) is 29.8 Å². The average molecular weight is 436 g/mol.